The maximum Gasteiger partial charge on any atom is 0.248 e. The third-order valence-electron chi connectivity index (χ3n) is 2.61. The minimum Gasteiger partial charge on any atom is -0.383 e. The number of benzene rings is 1. The van der Waals surface area contributed by atoms with Crippen LogP contribution in [-0.2, 0) is 16.0 Å². The van der Waals surface area contributed by atoms with Gasteiger partial charge in [-0.05, 0) is 24.1 Å². The van der Waals surface area contributed by atoms with Gasteiger partial charge in [-0.1, -0.05) is 12.1 Å². The lowest BCUT2D eigenvalue weighted by Crippen LogP contribution is -2.44. The van der Waals surface area contributed by atoms with Crippen molar-refractivity contribution >= 4 is 24.2 Å². The van der Waals surface area contributed by atoms with Crippen LogP contribution in [0.15, 0.2) is 24.3 Å². The van der Waals surface area contributed by atoms with E-state index < -0.39 is 11.9 Å². The number of amides is 2. The lowest BCUT2D eigenvalue weighted by Gasteiger charge is -2.11. The molecule has 0 spiro atoms. The van der Waals surface area contributed by atoms with E-state index in [-0.39, 0.29) is 24.9 Å². The van der Waals surface area contributed by atoms with E-state index in [9.17, 15) is 9.59 Å². The second kappa shape index (κ2) is 9.30. The molecular formula is C13H20ClN3O3. The van der Waals surface area contributed by atoms with Gasteiger partial charge in [-0.3, -0.25) is 9.59 Å². The van der Waals surface area contributed by atoms with Gasteiger partial charge in [-0.15, -0.1) is 12.4 Å². The number of primary amides is 1. The number of ether oxygens (including phenoxy) is 1. The van der Waals surface area contributed by atoms with Gasteiger partial charge in [0.25, 0.3) is 0 Å². The standard InChI is InChI=1S/C13H19N3O3.ClH/c1-19-8-11(14)13(18)16-6-5-9-3-2-4-10(7-9)12(15)17;/h2-4,7,11H,5-6,8,14H2,1H3,(H2,15,17)(H,16,18);1H. The van der Waals surface area contributed by atoms with Gasteiger partial charge in [0.1, 0.15) is 6.04 Å². The summed E-state index contributed by atoms with van der Waals surface area (Å²) in [6.07, 6.45) is 0.604. The summed E-state index contributed by atoms with van der Waals surface area (Å²) in [5.74, 6) is -0.721. The van der Waals surface area contributed by atoms with E-state index >= 15 is 0 Å². The van der Waals surface area contributed by atoms with Crippen LogP contribution in [0, 0.1) is 0 Å². The second-order valence-corrected chi connectivity index (χ2v) is 4.17. The van der Waals surface area contributed by atoms with Crippen LogP contribution in [0.5, 0.6) is 0 Å². The Kier molecular flexibility index (Phi) is 8.54. The van der Waals surface area contributed by atoms with Gasteiger partial charge in [-0.2, -0.15) is 0 Å². The molecular weight excluding hydrogens is 282 g/mol. The predicted octanol–water partition coefficient (Wildman–Crippen LogP) is -0.160. The lowest BCUT2D eigenvalue weighted by molar-refractivity contribution is -0.123. The van der Waals surface area contributed by atoms with Crippen molar-refractivity contribution in [2.24, 2.45) is 11.5 Å². The van der Waals surface area contributed by atoms with Crippen molar-refractivity contribution in [2.45, 2.75) is 12.5 Å². The summed E-state index contributed by atoms with van der Waals surface area (Å²) in [5.41, 5.74) is 12.2. The molecule has 1 atom stereocenters. The fourth-order valence-electron chi connectivity index (χ4n) is 1.60. The number of methoxy groups -OCH3 is 1. The summed E-state index contributed by atoms with van der Waals surface area (Å²) < 4.78 is 4.79. The molecule has 1 aromatic carbocycles. The molecule has 1 unspecified atom stereocenters. The summed E-state index contributed by atoms with van der Waals surface area (Å²) in [6.45, 7) is 0.626. The lowest BCUT2D eigenvalue weighted by atomic mass is 10.1. The Morgan fingerprint density at radius 1 is 1.40 bits per heavy atom. The van der Waals surface area contributed by atoms with Crippen LogP contribution in [0.4, 0.5) is 0 Å². The molecule has 0 bridgehead atoms. The quantitative estimate of drug-likeness (QED) is 0.650. The molecule has 0 aromatic heterocycles. The molecule has 20 heavy (non-hydrogen) atoms. The van der Waals surface area contributed by atoms with Crippen LogP contribution in [0.3, 0.4) is 0 Å². The van der Waals surface area contributed by atoms with E-state index in [4.69, 9.17) is 16.2 Å². The summed E-state index contributed by atoms with van der Waals surface area (Å²) in [5, 5.41) is 2.70. The minimum atomic E-state index is -0.665. The number of carbonyl (C=O) groups excluding carboxylic acids is 2. The molecule has 6 nitrogen and oxygen atoms in total. The van der Waals surface area contributed by atoms with Crippen LogP contribution in [-0.4, -0.2) is 38.1 Å². The normalized spacial score (nSPS) is 11.3. The maximum absolute atomic E-state index is 11.5. The Morgan fingerprint density at radius 2 is 2.10 bits per heavy atom. The number of nitrogens with two attached hydrogens (primary N) is 2. The molecule has 1 rings (SSSR count). The van der Waals surface area contributed by atoms with Crippen molar-refractivity contribution < 1.29 is 14.3 Å². The van der Waals surface area contributed by atoms with E-state index in [1.807, 2.05) is 6.07 Å². The third kappa shape index (κ3) is 6.01. The molecule has 112 valence electrons. The largest absolute Gasteiger partial charge is 0.383 e. The molecule has 2 amide bonds. The minimum absolute atomic E-state index is 0. The van der Waals surface area contributed by atoms with E-state index in [1.54, 1.807) is 18.2 Å². The summed E-state index contributed by atoms with van der Waals surface area (Å²) in [7, 11) is 1.49. The molecule has 0 saturated carbocycles. The maximum atomic E-state index is 11.5. The zero-order valence-electron chi connectivity index (χ0n) is 11.3. The highest BCUT2D eigenvalue weighted by Crippen LogP contribution is 2.05. The molecule has 0 radical (unpaired) electrons. The number of rotatable bonds is 7. The first-order valence-electron chi connectivity index (χ1n) is 5.95. The van der Waals surface area contributed by atoms with Gasteiger partial charge in [0.15, 0.2) is 0 Å². The third-order valence-corrected chi connectivity index (χ3v) is 2.61. The van der Waals surface area contributed by atoms with Crippen molar-refractivity contribution in [1.82, 2.24) is 5.32 Å². The number of carbonyl (C=O) groups is 2. The van der Waals surface area contributed by atoms with E-state index in [0.29, 0.717) is 18.5 Å². The zero-order chi connectivity index (χ0) is 14.3. The molecule has 0 heterocycles. The molecule has 7 heteroatoms. The van der Waals surface area contributed by atoms with Crippen molar-refractivity contribution in [1.29, 1.82) is 0 Å². The van der Waals surface area contributed by atoms with Gasteiger partial charge in [0.2, 0.25) is 11.8 Å². The molecule has 0 fully saturated rings. The Morgan fingerprint density at radius 3 is 2.70 bits per heavy atom. The molecule has 1 aromatic rings. The Labute approximate surface area is 124 Å². The number of nitrogens with one attached hydrogen (secondary N) is 1. The van der Waals surface area contributed by atoms with Crippen molar-refractivity contribution in [3.05, 3.63) is 35.4 Å². The monoisotopic (exact) mass is 301 g/mol. The summed E-state index contributed by atoms with van der Waals surface area (Å²) in [4.78, 5) is 22.5. The first kappa shape index (κ1) is 18.4. The highest BCUT2D eigenvalue weighted by Gasteiger charge is 2.11. The van der Waals surface area contributed by atoms with Gasteiger partial charge < -0.3 is 21.5 Å². The number of hydrogen-bond donors (Lipinski definition) is 3. The van der Waals surface area contributed by atoms with Gasteiger partial charge >= 0.3 is 0 Å². The van der Waals surface area contributed by atoms with Gasteiger partial charge in [0, 0.05) is 19.2 Å². The van der Waals surface area contributed by atoms with Crippen LogP contribution in [0.2, 0.25) is 0 Å². The van der Waals surface area contributed by atoms with Crippen molar-refractivity contribution in [2.75, 3.05) is 20.3 Å². The van der Waals surface area contributed by atoms with Crippen molar-refractivity contribution in [3.63, 3.8) is 0 Å². The van der Waals surface area contributed by atoms with Crippen LogP contribution < -0.4 is 16.8 Å². The smallest absolute Gasteiger partial charge is 0.248 e. The topological polar surface area (TPSA) is 107 Å². The Hall–Kier alpha value is -1.63. The molecule has 5 N–H and O–H groups in total. The Balaban J connectivity index is 0.00000361. The van der Waals surface area contributed by atoms with Crippen LogP contribution in [0.25, 0.3) is 0 Å². The highest BCUT2D eigenvalue weighted by atomic mass is 35.5. The fourth-order valence-corrected chi connectivity index (χ4v) is 1.60. The highest BCUT2D eigenvalue weighted by molar-refractivity contribution is 5.92. The van der Waals surface area contributed by atoms with E-state index in [2.05, 4.69) is 5.32 Å². The first-order valence-corrected chi connectivity index (χ1v) is 5.95. The van der Waals surface area contributed by atoms with E-state index in [1.165, 1.54) is 7.11 Å². The molecule has 0 saturated heterocycles. The van der Waals surface area contributed by atoms with E-state index in [0.717, 1.165) is 5.56 Å². The molecule has 0 aliphatic carbocycles. The van der Waals surface area contributed by atoms with Crippen LogP contribution >= 0.6 is 12.4 Å². The fraction of sp³-hybridized carbons (Fsp3) is 0.385. The zero-order valence-corrected chi connectivity index (χ0v) is 12.1. The van der Waals surface area contributed by atoms with Crippen LogP contribution in [0.1, 0.15) is 15.9 Å². The second-order valence-electron chi connectivity index (χ2n) is 4.17. The molecule has 0 aliphatic rings. The van der Waals surface area contributed by atoms with Crippen molar-refractivity contribution in [3.8, 4) is 0 Å². The van der Waals surface area contributed by atoms with Gasteiger partial charge in [-0.25, -0.2) is 0 Å². The average molecular weight is 302 g/mol. The SMILES string of the molecule is COCC(N)C(=O)NCCc1cccc(C(N)=O)c1.Cl. The van der Waals surface area contributed by atoms with Gasteiger partial charge in [0.05, 0.1) is 6.61 Å². The first-order chi connectivity index (χ1) is 9.04. The predicted molar refractivity (Wildman–Crippen MR) is 78.8 cm³/mol. The Bertz CT molecular complexity index is 454. The average Bonchev–Trinajstić information content (AvgIpc) is 2.39. The summed E-state index contributed by atoms with van der Waals surface area (Å²) in [6, 6.07) is 6.33. The number of halogens is 1. The molecule has 0 aliphatic heterocycles. The number of hydrogen-bond acceptors (Lipinski definition) is 4. The summed E-state index contributed by atoms with van der Waals surface area (Å²) >= 11 is 0.